The monoisotopic (exact) mass is 394 g/mol. The third kappa shape index (κ3) is 2.82. The van der Waals surface area contributed by atoms with Crippen LogP contribution in [0.15, 0.2) is 84.9 Å². The first-order valence-electron chi connectivity index (χ1n) is 9.29. The quantitative estimate of drug-likeness (QED) is 0.485. The Labute approximate surface area is 171 Å². The predicted molar refractivity (Wildman–Crippen MR) is 110 cm³/mol. The topological polar surface area (TPSA) is 76.6 Å². The van der Waals surface area contributed by atoms with E-state index in [1.54, 1.807) is 36.4 Å². The molecule has 0 atom stereocenters. The molecule has 0 bridgehead atoms. The van der Waals surface area contributed by atoms with Crippen LogP contribution in [0.25, 0.3) is 22.2 Å². The minimum Gasteiger partial charge on any atom is -0.324 e. The number of imide groups is 1. The molecule has 0 saturated carbocycles. The third-order valence-corrected chi connectivity index (χ3v) is 4.94. The van der Waals surface area contributed by atoms with Crippen molar-refractivity contribution in [3.63, 3.8) is 0 Å². The summed E-state index contributed by atoms with van der Waals surface area (Å²) in [7, 11) is 0. The molecule has 5 rings (SSSR count). The standard InChI is InChI=1S/C24H14N2O4/c27-22-17-11-4-5-12-18(17)23(28)26(22)30-24(29)19-14-21(15-8-2-1-3-9-15)25-20-13-7-6-10-16(19)20/h1-14H. The molecule has 1 aliphatic heterocycles. The van der Waals surface area contributed by atoms with Gasteiger partial charge in [-0.25, -0.2) is 9.78 Å². The second-order valence-electron chi connectivity index (χ2n) is 6.77. The molecular weight excluding hydrogens is 380 g/mol. The minimum absolute atomic E-state index is 0.208. The smallest absolute Gasteiger partial charge is 0.324 e. The molecule has 0 radical (unpaired) electrons. The van der Waals surface area contributed by atoms with Crippen molar-refractivity contribution in [3.8, 4) is 11.3 Å². The zero-order chi connectivity index (χ0) is 20.7. The molecule has 0 saturated heterocycles. The van der Waals surface area contributed by atoms with Crippen LogP contribution in [0.4, 0.5) is 0 Å². The van der Waals surface area contributed by atoms with Crippen LogP contribution in [-0.4, -0.2) is 27.8 Å². The zero-order valence-corrected chi connectivity index (χ0v) is 15.6. The van der Waals surface area contributed by atoms with Crippen molar-refractivity contribution in [1.82, 2.24) is 10.0 Å². The number of carbonyl (C=O) groups excluding carboxylic acids is 3. The van der Waals surface area contributed by atoms with Gasteiger partial charge in [0.25, 0.3) is 11.8 Å². The van der Waals surface area contributed by atoms with Crippen LogP contribution in [0.2, 0.25) is 0 Å². The molecule has 2 amide bonds. The van der Waals surface area contributed by atoms with E-state index in [1.807, 2.05) is 36.4 Å². The number of carbonyl (C=O) groups is 3. The van der Waals surface area contributed by atoms with Gasteiger partial charge in [0, 0.05) is 10.9 Å². The van der Waals surface area contributed by atoms with Gasteiger partial charge in [-0.2, -0.15) is 0 Å². The fourth-order valence-corrected chi connectivity index (χ4v) is 3.48. The van der Waals surface area contributed by atoms with Gasteiger partial charge in [-0.1, -0.05) is 65.7 Å². The van der Waals surface area contributed by atoms with Crippen LogP contribution >= 0.6 is 0 Å². The summed E-state index contributed by atoms with van der Waals surface area (Å²) in [5.74, 6) is -2.13. The van der Waals surface area contributed by atoms with Gasteiger partial charge >= 0.3 is 5.97 Å². The number of nitrogens with zero attached hydrogens (tertiary/aromatic N) is 2. The van der Waals surface area contributed by atoms with Crippen molar-refractivity contribution >= 4 is 28.7 Å². The largest absolute Gasteiger partial charge is 0.364 e. The normalized spacial score (nSPS) is 12.9. The lowest BCUT2D eigenvalue weighted by Gasteiger charge is -2.14. The van der Waals surface area contributed by atoms with E-state index in [0.717, 1.165) is 5.56 Å². The van der Waals surface area contributed by atoms with Crippen LogP contribution in [0.5, 0.6) is 0 Å². The molecule has 6 nitrogen and oxygen atoms in total. The number of pyridine rings is 1. The van der Waals surface area contributed by atoms with Crippen molar-refractivity contribution in [3.05, 3.63) is 102 Å². The molecular formula is C24H14N2O4. The Morgan fingerprint density at radius 1 is 0.767 bits per heavy atom. The van der Waals surface area contributed by atoms with Crippen molar-refractivity contribution in [2.24, 2.45) is 0 Å². The maximum atomic E-state index is 13.0. The van der Waals surface area contributed by atoms with Gasteiger partial charge in [0.05, 0.1) is 27.9 Å². The molecule has 0 N–H and O–H groups in total. The highest BCUT2D eigenvalue weighted by Crippen LogP contribution is 2.27. The number of amides is 2. The molecule has 0 unspecified atom stereocenters. The number of benzene rings is 3. The number of hydrogen-bond donors (Lipinski definition) is 0. The van der Waals surface area contributed by atoms with E-state index in [0.29, 0.717) is 21.7 Å². The van der Waals surface area contributed by atoms with E-state index in [-0.39, 0.29) is 16.7 Å². The van der Waals surface area contributed by atoms with E-state index in [2.05, 4.69) is 4.98 Å². The van der Waals surface area contributed by atoms with Gasteiger partial charge in [0.15, 0.2) is 0 Å². The van der Waals surface area contributed by atoms with Gasteiger partial charge in [0.1, 0.15) is 0 Å². The summed E-state index contributed by atoms with van der Waals surface area (Å²) >= 11 is 0. The number of rotatable bonds is 3. The Kier molecular flexibility index (Phi) is 4.10. The number of hydrogen-bond acceptors (Lipinski definition) is 5. The highest BCUT2D eigenvalue weighted by molar-refractivity contribution is 6.21. The van der Waals surface area contributed by atoms with E-state index in [9.17, 15) is 14.4 Å². The Morgan fingerprint density at radius 2 is 1.37 bits per heavy atom. The summed E-state index contributed by atoms with van der Waals surface area (Å²) in [5.41, 5.74) is 2.66. The second kappa shape index (κ2) is 6.93. The maximum Gasteiger partial charge on any atom is 0.364 e. The number of aromatic nitrogens is 1. The van der Waals surface area contributed by atoms with Crippen LogP contribution in [-0.2, 0) is 4.84 Å². The van der Waals surface area contributed by atoms with Gasteiger partial charge < -0.3 is 4.84 Å². The number of para-hydroxylation sites is 1. The van der Waals surface area contributed by atoms with Crippen LogP contribution in [0.3, 0.4) is 0 Å². The minimum atomic E-state index is -0.805. The summed E-state index contributed by atoms with van der Waals surface area (Å²) in [5, 5.41) is 1.09. The molecule has 4 aromatic rings. The summed E-state index contributed by atoms with van der Waals surface area (Å²) in [4.78, 5) is 48.0. The second-order valence-corrected chi connectivity index (χ2v) is 6.77. The van der Waals surface area contributed by atoms with Crippen LogP contribution in [0.1, 0.15) is 31.1 Å². The summed E-state index contributed by atoms with van der Waals surface area (Å²) in [6, 6.07) is 24.5. The summed E-state index contributed by atoms with van der Waals surface area (Å²) in [6.07, 6.45) is 0. The molecule has 3 aromatic carbocycles. The molecule has 0 spiro atoms. The molecule has 6 heteroatoms. The fourth-order valence-electron chi connectivity index (χ4n) is 3.48. The highest BCUT2D eigenvalue weighted by Gasteiger charge is 2.39. The first-order valence-corrected chi connectivity index (χ1v) is 9.29. The van der Waals surface area contributed by atoms with Gasteiger partial charge in [-0.3, -0.25) is 9.59 Å². The SMILES string of the molecule is O=C(ON1C(=O)c2ccccc2C1=O)c1cc(-c2ccccc2)nc2ccccc12. The molecule has 0 aliphatic carbocycles. The van der Waals surface area contributed by atoms with Crippen LogP contribution in [0, 0.1) is 0 Å². The van der Waals surface area contributed by atoms with E-state index < -0.39 is 17.8 Å². The zero-order valence-electron chi connectivity index (χ0n) is 15.6. The molecule has 1 aliphatic rings. The lowest BCUT2D eigenvalue weighted by Crippen LogP contribution is -2.32. The Balaban J connectivity index is 1.56. The number of fused-ring (bicyclic) bond motifs is 2. The van der Waals surface area contributed by atoms with Crippen LogP contribution < -0.4 is 0 Å². The average molecular weight is 394 g/mol. The van der Waals surface area contributed by atoms with E-state index in [4.69, 9.17) is 4.84 Å². The Bertz CT molecular complexity index is 1300. The predicted octanol–water partition coefficient (Wildman–Crippen LogP) is 4.27. The first kappa shape index (κ1) is 17.8. The van der Waals surface area contributed by atoms with Gasteiger partial charge in [0.2, 0.25) is 0 Å². The average Bonchev–Trinajstić information content (AvgIpc) is 3.04. The van der Waals surface area contributed by atoms with Gasteiger partial charge in [-0.05, 0) is 24.3 Å². The van der Waals surface area contributed by atoms with E-state index in [1.165, 1.54) is 12.1 Å². The van der Waals surface area contributed by atoms with Crippen molar-refractivity contribution in [2.45, 2.75) is 0 Å². The summed E-state index contributed by atoms with van der Waals surface area (Å²) < 4.78 is 0. The molecule has 0 fully saturated rings. The number of hydroxylamine groups is 2. The Hall–Kier alpha value is -4.32. The summed E-state index contributed by atoms with van der Waals surface area (Å²) in [6.45, 7) is 0. The lowest BCUT2D eigenvalue weighted by molar-refractivity contribution is -0.0583. The van der Waals surface area contributed by atoms with Crippen molar-refractivity contribution in [2.75, 3.05) is 0 Å². The lowest BCUT2D eigenvalue weighted by atomic mass is 10.0. The van der Waals surface area contributed by atoms with Crippen molar-refractivity contribution in [1.29, 1.82) is 0 Å². The van der Waals surface area contributed by atoms with Gasteiger partial charge in [-0.15, -0.1) is 0 Å². The maximum absolute atomic E-state index is 13.0. The molecule has 2 heterocycles. The molecule has 1 aromatic heterocycles. The fraction of sp³-hybridized carbons (Fsp3) is 0. The molecule has 144 valence electrons. The Morgan fingerprint density at radius 3 is 2.07 bits per heavy atom. The highest BCUT2D eigenvalue weighted by atomic mass is 16.7. The first-order chi connectivity index (χ1) is 14.6. The third-order valence-electron chi connectivity index (χ3n) is 4.94. The van der Waals surface area contributed by atoms with E-state index >= 15 is 0 Å². The van der Waals surface area contributed by atoms with Crippen molar-refractivity contribution < 1.29 is 19.2 Å². The molecule has 30 heavy (non-hydrogen) atoms.